The molecule has 4 heterocycles. The molecule has 1 radical (unpaired) electrons. The average Bonchev–Trinajstić information content (AvgIpc) is 4.02. The molecule has 0 bridgehead atoms. The molecule has 0 spiro atoms. The van der Waals surface area contributed by atoms with E-state index in [1.54, 1.807) is 23.8 Å². The van der Waals surface area contributed by atoms with Crippen molar-refractivity contribution in [1.82, 2.24) is 14.5 Å². The molecule has 0 saturated carbocycles. The fourth-order valence-corrected chi connectivity index (χ4v) is 7.75. The molecule has 267 valence electrons. The van der Waals surface area contributed by atoms with Crippen LogP contribution in [0.15, 0.2) is 187 Å². The number of imidazole rings is 1. The van der Waals surface area contributed by atoms with Gasteiger partial charge in [0.05, 0.1) is 28.8 Å². The molecular formula is C49H33IrN3OS-2. The molecule has 0 atom stereocenters. The van der Waals surface area contributed by atoms with Crippen molar-refractivity contribution in [1.29, 1.82) is 0 Å². The number of nitrogens with zero attached hydrogens (tertiary/aromatic N) is 3. The Bertz CT molecular complexity index is 2720. The van der Waals surface area contributed by atoms with Gasteiger partial charge in [0.25, 0.3) is 0 Å². The number of hydrogen-bond donors (Lipinski definition) is 0. The number of rotatable bonds is 6. The van der Waals surface area contributed by atoms with Crippen molar-refractivity contribution in [2.24, 2.45) is 0 Å². The maximum absolute atomic E-state index is 5.74. The van der Waals surface area contributed by atoms with Crippen LogP contribution in [0, 0.1) is 18.4 Å². The van der Waals surface area contributed by atoms with Gasteiger partial charge in [0.2, 0.25) is 0 Å². The first-order chi connectivity index (χ1) is 26.7. The molecule has 0 amide bonds. The SMILES string of the molecule is Cc1cc(-c2ccccc2)c(-n2c(-c3[c-]sc4ccc(-c5ccco5)cc34)nc3ccccc32)c(-c2ccccc2)c1.[Ir].[c-]1ccccc1-c1ccccn1. The molecule has 0 unspecified atom stereocenters. The Hall–Kier alpha value is -6.17. The Labute approximate surface area is 337 Å². The van der Waals surface area contributed by atoms with E-state index in [0.29, 0.717) is 0 Å². The molecule has 10 rings (SSSR count). The number of thiophene rings is 1. The van der Waals surface area contributed by atoms with Gasteiger partial charge in [-0.25, -0.2) is 0 Å². The van der Waals surface area contributed by atoms with E-state index in [2.05, 4.69) is 143 Å². The van der Waals surface area contributed by atoms with E-state index in [0.717, 1.165) is 83.0 Å². The van der Waals surface area contributed by atoms with E-state index < -0.39 is 0 Å². The van der Waals surface area contributed by atoms with Crippen molar-refractivity contribution < 1.29 is 24.5 Å². The Morgan fingerprint density at radius 2 is 1.36 bits per heavy atom. The zero-order valence-electron chi connectivity index (χ0n) is 29.8. The molecule has 55 heavy (non-hydrogen) atoms. The van der Waals surface area contributed by atoms with Crippen LogP contribution in [0.5, 0.6) is 0 Å². The van der Waals surface area contributed by atoms with Gasteiger partial charge >= 0.3 is 0 Å². The molecule has 4 aromatic heterocycles. The second-order valence-corrected chi connectivity index (χ2v) is 13.8. The summed E-state index contributed by atoms with van der Waals surface area (Å²) >= 11 is 1.62. The number of hydrogen-bond acceptors (Lipinski definition) is 4. The summed E-state index contributed by atoms with van der Waals surface area (Å²) in [5.41, 5.74) is 13.0. The summed E-state index contributed by atoms with van der Waals surface area (Å²) in [7, 11) is 0. The summed E-state index contributed by atoms with van der Waals surface area (Å²) in [5.74, 6) is 1.72. The van der Waals surface area contributed by atoms with Crippen LogP contribution < -0.4 is 0 Å². The third-order valence-electron chi connectivity index (χ3n) is 9.40. The van der Waals surface area contributed by atoms with Gasteiger partial charge in [0, 0.05) is 43.0 Å². The van der Waals surface area contributed by atoms with Gasteiger partial charge in [-0.15, -0.1) is 41.3 Å². The van der Waals surface area contributed by atoms with Crippen LogP contribution >= 0.6 is 11.3 Å². The van der Waals surface area contributed by atoms with Crippen molar-refractivity contribution in [2.45, 2.75) is 6.92 Å². The first-order valence-electron chi connectivity index (χ1n) is 17.8. The summed E-state index contributed by atoms with van der Waals surface area (Å²) in [6.45, 7) is 2.17. The fraction of sp³-hybridized carbons (Fsp3) is 0.0204. The Morgan fingerprint density at radius 1 is 0.655 bits per heavy atom. The van der Waals surface area contributed by atoms with E-state index in [1.165, 1.54) is 5.56 Å². The third-order valence-corrected chi connectivity index (χ3v) is 10.3. The number of furan rings is 1. The van der Waals surface area contributed by atoms with Crippen LogP contribution in [-0.4, -0.2) is 14.5 Å². The number of benzene rings is 6. The summed E-state index contributed by atoms with van der Waals surface area (Å²) in [6.07, 6.45) is 3.50. The first kappa shape index (κ1) is 35.8. The van der Waals surface area contributed by atoms with E-state index in [4.69, 9.17) is 9.40 Å². The predicted molar refractivity (Wildman–Crippen MR) is 223 cm³/mol. The van der Waals surface area contributed by atoms with Gasteiger partial charge in [-0.05, 0) is 71.8 Å². The Morgan fingerprint density at radius 3 is 2.04 bits per heavy atom. The standard InChI is InChI=1S/C38H25N2OS.C11H8N.Ir/c1-25-21-29(26-11-4-2-5-12-26)37(30(22-25)27-13-6-3-7-14-27)40-34-16-9-8-15-33(34)39-38(40)32-24-42-36-19-18-28(23-31(32)36)35-17-10-20-41-35;1-2-6-10(7-3-1)11-8-4-5-9-12-11;/h2-23H,1H3;1-6,8-9H;/q2*-1;. The number of fused-ring (bicyclic) bond motifs is 2. The molecule has 6 heteroatoms. The Kier molecular flexibility index (Phi) is 10.5. The summed E-state index contributed by atoms with van der Waals surface area (Å²) in [6, 6.07) is 61.5. The summed E-state index contributed by atoms with van der Waals surface area (Å²) in [5, 5.41) is 4.74. The maximum Gasteiger partial charge on any atom is 0.133 e. The smallest absolute Gasteiger partial charge is 0.133 e. The summed E-state index contributed by atoms with van der Waals surface area (Å²) in [4.78, 5) is 9.50. The van der Waals surface area contributed by atoms with Crippen molar-refractivity contribution in [3.8, 4) is 61.9 Å². The molecular weight excluding hydrogens is 871 g/mol. The van der Waals surface area contributed by atoms with Crippen LogP contribution in [0.2, 0.25) is 0 Å². The average molecular weight is 904 g/mol. The van der Waals surface area contributed by atoms with Gasteiger partial charge in [0.1, 0.15) is 5.76 Å². The van der Waals surface area contributed by atoms with E-state index in [1.807, 2.05) is 54.6 Å². The van der Waals surface area contributed by atoms with E-state index in [-0.39, 0.29) is 20.1 Å². The predicted octanol–water partition coefficient (Wildman–Crippen LogP) is 13.2. The van der Waals surface area contributed by atoms with Gasteiger partial charge < -0.3 is 14.0 Å². The number of para-hydroxylation sites is 2. The molecule has 0 fully saturated rings. The van der Waals surface area contributed by atoms with Crippen LogP contribution in [0.1, 0.15) is 5.56 Å². The van der Waals surface area contributed by atoms with Gasteiger partial charge in [-0.3, -0.25) is 16.3 Å². The third kappa shape index (κ3) is 7.24. The van der Waals surface area contributed by atoms with Crippen molar-refractivity contribution >= 4 is 32.5 Å². The topological polar surface area (TPSA) is 43.9 Å². The van der Waals surface area contributed by atoms with Crippen LogP contribution in [0.25, 0.3) is 83.0 Å². The zero-order valence-corrected chi connectivity index (χ0v) is 33.0. The van der Waals surface area contributed by atoms with Crippen LogP contribution in [0.4, 0.5) is 0 Å². The monoisotopic (exact) mass is 904 g/mol. The van der Waals surface area contributed by atoms with Crippen molar-refractivity contribution in [2.75, 3.05) is 0 Å². The minimum Gasteiger partial charge on any atom is -0.464 e. The largest absolute Gasteiger partial charge is 0.464 e. The van der Waals surface area contributed by atoms with Crippen LogP contribution in [0.3, 0.4) is 0 Å². The first-order valence-corrected chi connectivity index (χ1v) is 18.6. The number of aryl methyl sites for hydroxylation is 1. The molecule has 0 aliphatic rings. The van der Waals surface area contributed by atoms with Crippen molar-refractivity contribution in [3.05, 3.63) is 199 Å². The second-order valence-electron chi connectivity index (χ2n) is 13.0. The summed E-state index contributed by atoms with van der Waals surface area (Å²) < 4.78 is 9.25. The second kappa shape index (κ2) is 16.1. The number of pyridine rings is 1. The van der Waals surface area contributed by atoms with E-state index in [9.17, 15) is 0 Å². The number of aromatic nitrogens is 3. The van der Waals surface area contributed by atoms with Crippen molar-refractivity contribution in [3.63, 3.8) is 0 Å². The quantitative estimate of drug-likeness (QED) is 0.156. The van der Waals surface area contributed by atoms with Crippen LogP contribution in [-0.2, 0) is 20.1 Å². The molecule has 0 saturated heterocycles. The molecule has 0 aliphatic heterocycles. The van der Waals surface area contributed by atoms with Gasteiger partial charge in [0.15, 0.2) is 0 Å². The molecule has 0 aliphatic carbocycles. The molecule has 4 nitrogen and oxygen atoms in total. The molecule has 6 aromatic carbocycles. The normalized spacial score (nSPS) is 10.9. The Balaban J connectivity index is 0.000000280. The molecule has 10 aromatic rings. The minimum atomic E-state index is 0. The van der Waals surface area contributed by atoms with Gasteiger partial charge in [-0.2, -0.15) is 0 Å². The zero-order chi connectivity index (χ0) is 36.3. The minimum absolute atomic E-state index is 0. The van der Waals surface area contributed by atoms with Gasteiger partial charge in [-0.1, -0.05) is 119 Å². The fourth-order valence-electron chi connectivity index (χ4n) is 6.93. The molecule has 0 N–H and O–H groups in total. The van der Waals surface area contributed by atoms with E-state index >= 15 is 0 Å². The maximum atomic E-state index is 5.74.